The first kappa shape index (κ1) is 35.7. The van der Waals surface area contributed by atoms with Crippen LogP contribution in [-0.2, 0) is 26.8 Å². The second-order valence-electron chi connectivity index (χ2n) is 8.89. The number of hydrogen-bond donors (Lipinski definition) is 3. The summed E-state index contributed by atoms with van der Waals surface area (Å²) in [5.74, 6) is 0. The molecule has 5 aromatic rings. The molecule has 0 bridgehead atoms. The zero-order valence-electron chi connectivity index (χ0n) is 23.1. The molecule has 0 saturated carbocycles. The largest absolute Gasteiger partial charge is 1.00 e. The summed E-state index contributed by atoms with van der Waals surface area (Å²) in [4.78, 5) is 25.2. The van der Waals surface area contributed by atoms with Gasteiger partial charge in [-0.3, -0.25) is 20.4 Å². The van der Waals surface area contributed by atoms with Crippen molar-refractivity contribution in [3.63, 3.8) is 0 Å². The van der Waals surface area contributed by atoms with Gasteiger partial charge in [0.2, 0.25) is 10.9 Å². The fraction of sp³-hybridized carbons (Fsp3) is 0.0370. The molecule has 44 heavy (non-hydrogen) atoms. The third kappa shape index (κ3) is 7.19. The topological polar surface area (TPSA) is 218 Å². The van der Waals surface area contributed by atoms with Crippen LogP contribution in [0.1, 0.15) is 5.56 Å². The van der Waals surface area contributed by atoms with Crippen LogP contribution in [0, 0.1) is 0 Å². The van der Waals surface area contributed by atoms with Gasteiger partial charge in [-0.1, -0.05) is 48.5 Å². The number of benzene rings is 5. The normalized spacial score (nSPS) is 12.5. The van der Waals surface area contributed by atoms with Gasteiger partial charge in [0, 0.05) is 27.1 Å². The van der Waals surface area contributed by atoms with Crippen molar-refractivity contribution in [1.29, 1.82) is 0 Å². The average Bonchev–Trinajstić information content (AvgIpc) is 2.95. The Kier molecular flexibility index (Phi) is 11.4. The number of nitrogens with one attached hydrogen (secondary N) is 2. The zero-order chi connectivity index (χ0) is 30.2. The molecular weight excluding hydrogens is 634 g/mol. The first-order chi connectivity index (χ1) is 19.9. The van der Waals surface area contributed by atoms with Crippen LogP contribution in [0.2, 0.25) is 0 Å². The standard InChI is InChI=1S/C27H20N4O9S2.2Na/c32-14-15-13-22(30-28-20-9-11-23(41(35,36)37)18-7-3-1-5-16(18)20)27(34)25(26(15)33)31-29-21-10-12-24(42(38,39)40)19-8-4-2-6-17(19)21;;/h1-13,28-29,32H,14H2,(H,35,36,37)(H,38,39,40);;/q;2*+1/p-2/b30-22-,31-25-;;. The molecule has 0 heterocycles. The minimum atomic E-state index is -4.80. The number of nitrogens with zero attached hydrogens (tertiary/aromatic N) is 2. The molecule has 214 valence electrons. The van der Waals surface area contributed by atoms with Crippen LogP contribution < -0.4 is 91.5 Å². The fourth-order valence-electron chi connectivity index (χ4n) is 4.39. The van der Waals surface area contributed by atoms with Gasteiger partial charge >= 0.3 is 59.1 Å². The Hall–Kier alpha value is -2.80. The van der Waals surface area contributed by atoms with E-state index in [4.69, 9.17) is 0 Å². The second kappa shape index (κ2) is 14.1. The minimum Gasteiger partial charge on any atom is -0.744 e. The molecule has 0 aliphatic rings. The van der Waals surface area contributed by atoms with E-state index in [1.54, 1.807) is 18.2 Å². The van der Waals surface area contributed by atoms with Gasteiger partial charge in [-0.2, -0.15) is 10.2 Å². The summed E-state index contributed by atoms with van der Waals surface area (Å²) in [5.41, 5.74) is 3.61. The summed E-state index contributed by atoms with van der Waals surface area (Å²) >= 11 is 0. The average molecular weight is 653 g/mol. The third-order valence-electron chi connectivity index (χ3n) is 6.33. The van der Waals surface area contributed by atoms with E-state index in [2.05, 4.69) is 21.1 Å². The van der Waals surface area contributed by atoms with Crippen molar-refractivity contribution in [2.24, 2.45) is 10.2 Å². The summed E-state index contributed by atoms with van der Waals surface area (Å²) < 4.78 is 70.0. The summed E-state index contributed by atoms with van der Waals surface area (Å²) in [6, 6.07) is 18.0. The van der Waals surface area contributed by atoms with E-state index in [-0.39, 0.29) is 97.6 Å². The Bertz CT molecular complexity index is 2360. The summed E-state index contributed by atoms with van der Waals surface area (Å²) in [6.45, 7) is -0.748. The second-order valence-corrected chi connectivity index (χ2v) is 11.6. The predicted molar refractivity (Wildman–Crippen MR) is 149 cm³/mol. The quantitative estimate of drug-likeness (QED) is 0.0857. The van der Waals surface area contributed by atoms with Crippen LogP contribution >= 0.6 is 0 Å². The summed E-state index contributed by atoms with van der Waals surface area (Å²) in [6.07, 6.45) is 0. The zero-order valence-corrected chi connectivity index (χ0v) is 28.8. The molecule has 0 fully saturated rings. The van der Waals surface area contributed by atoms with E-state index in [1.165, 1.54) is 42.5 Å². The summed E-state index contributed by atoms with van der Waals surface area (Å²) in [5, 5.41) is 17.6. The SMILES string of the molecule is O=c1c(CO)c/c(=N/Nc2ccc(S(=O)(=O)[O-])c3ccccc23)c(=O)/c1=N\Nc1ccc(S(=O)(=O)[O-])c2ccccc12.[Na+].[Na+]. The predicted octanol–water partition coefficient (Wildman–Crippen LogP) is -5.25. The molecular formula is C27H18N4Na2O9S2. The molecule has 0 aromatic heterocycles. The van der Waals surface area contributed by atoms with Gasteiger partial charge in [-0.15, -0.1) is 0 Å². The smallest absolute Gasteiger partial charge is 0.744 e. The van der Waals surface area contributed by atoms with Gasteiger partial charge in [-0.25, -0.2) is 16.8 Å². The number of aliphatic hydroxyl groups excluding tert-OH is 1. The van der Waals surface area contributed by atoms with Crippen LogP contribution in [0.25, 0.3) is 21.5 Å². The van der Waals surface area contributed by atoms with Gasteiger partial charge in [0.25, 0.3) is 0 Å². The maximum Gasteiger partial charge on any atom is 1.00 e. The van der Waals surface area contributed by atoms with Gasteiger partial charge in [0.1, 0.15) is 25.6 Å². The Morgan fingerprint density at radius 3 is 1.50 bits per heavy atom. The molecule has 0 saturated heterocycles. The number of anilines is 2. The number of hydrogen-bond acceptors (Lipinski definition) is 13. The molecule has 13 nitrogen and oxygen atoms in total. The van der Waals surface area contributed by atoms with Crippen molar-refractivity contribution >= 4 is 53.2 Å². The van der Waals surface area contributed by atoms with E-state index in [0.717, 1.165) is 18.2 Å². The van der Waals surface area contributed by atoms with Crippen LogP contribution in [0.15, 0.2) is 108 Å². The molecule has 5 rings (SSSR count). The van der Waals surface area contributed by atoms with Crippen molar-refractivity contribution in [3.05, 3.63) is 116 Å². The van der Waals surface area contributed by atoms with Crippen molar-refractivity contribution in [2.75, 3.05) is 10.9 Å². The number of fused-ring (bicyclic) bond motifs is 2. The fourth-order valence-corrected chi connectivity index (χ4v) is 5.75. The monoisotopic (exact) mass is 652 g/mol. The van der Waals surface area contributed by atoms with Gasteiger partial charge < -0.3 is 14.2 Å². The maximum absolute atomic E-state index is 13.2. The Labute approximate surface area is 293 Å². The van der Waals surface area contributed by atoms with Crippen molar-refractivity contribution < 1.29 is 90.2 Å². The van der Waals surface area contributed by atoms with E-state index in [1.807, 2.05) is 0 Å². The van der Waals surface area contributed by atoms with Crippen molar-refractivity contribution in [3.8, 4) is 0 Å². The maximum atomic E-state index is 13.2. The third-order valence-corrected chi connectivity index (χ3v) is 8.12. The van der Waals surface area contributed by atoms with Crippen LogP contribution in [0.4, 0.5) is 11.4 Å². The van der Waals surface area contributed by atoms with E-state index in [9.17, 15) is 40.6 Å². The molecule has 17 heteroatoms. The van der Waals surface area contributed by atoms with E-state index < -0.39 is 52.8 Å². The first-order valence-electron chi connectivity index (χ1n) is 11.9. The van der Waals surface area contributed by atoms with Gasteiger partial charge in [0.05, 0.1) is 27.8 Å². The molecule has 0 spiro atoms. The van der Waals surface area contributed by atoms with Crippen LogP contribution in [-0.4, -0.2) is 31.0 Å². The molecule has 0 amide bonds. The van der Waals surface area contributed by atoms with Gasteiger partial charge in [0.15, 0.2) is 5.36 Å². The van der Waals surface area contributed by atoms with Crippen molar-refractivity contribution in [2.45, 2.75) is 16.4 Å². The number of aliphatic hydroxyl groups is 1. The Morgan fingerprint density at radius 1 is 0.636 bits per heavy atom. The molecule has 0 unspecified atom stereocenters. The molecule has 0 aliphatic carbocycles. The van der Waals surface area contributed by atoms with Crippen molar-refractivity contribution in [1.82, 2.24) is 0 Å². The Balaban J connectivity index is 0.00000264. The Morgan fingerprint density at radius 2 is 1.07 bits per heavy atom. The molecule has 0 atom stereocenters. The number of rotatable bonds is 7. The molecule has 3 N–H and O–H groups in total. The van der Waals surface area contributed by atoms with Crippen LogP contribution in [0.3, 0.4) is 0 Å². The van der Waals surface area contributed by atoms with Crippen LogP contribution in [0.5, 0.6) is 0 Å². The summed E-state index contributed by atoms with van der Waals surface area (Å²) in [7, 11) is -9.57. The molecule has 0 radical (unpaired) electrons. The first-order valence-corrected chi connectivity index (χ1v) is 14.8. The van der Waals surface area contributed by atoms with Gasteiger partial charge in [-0.05, 0) is 30.3 Å². The molecule has 5 aromatic carbocycles. The van der Waals surface area contributed by atoms with E-state index >= 15 is 0 Å². The molecule has 0 aliphatic heterocycles. The minimum absolute atomic E-state index is 0. The van der Waals surface area contributed by atoms with E-state index in [0.29, 0.717) is 5.39 Å².